The summed E-state index contributed by atoms with van der Waals surface area (Å²) in [5.74, 6) is 1.37. The molecule has 1 heterocycles. The lowest BCUT2D eigenvalue weighted by Crippen LogP contribution is -2.13. The highest BCUT2D eigenvalue weighted by Gasteiger charge is 2.14. The van der Waals surface area contributed by atoms with E-state index in [4.69, 9.17) is 14.2 Å². The molecule has 7 nitrogen and oxygen atoms in total. The second-order valence-electron chi connectivity index (χ2n) is 7.30. The quantitative estimate of drug-likeness (QED) is 0.218. The van der Waals surface area contributed by atoms with Gasteiger partial charge in [0.1, 0.15) is 17.4 Å². The number of hydrogen-bond donors (Lipinski definition) is 1. The molecule has 0 unspecified atom stereocenters. The molecule has 0 radical (unpaired) electrons. The first-order valence-corrected chi connectivity index (χ1v) is 11.6. The maximum atomic E-state index is 12.7. The third-order valence-electron chi connectivity index (χ3n) is 4.94. The summed E-state index contributed by atoms with van der Waals surface area (Å²) in [7, 11) is 3.16. The van der Waals surface area contributed by atoms with Crippen LogP contribution in [0, 0.1) is 11.3 Å². The van der Waals surface area contributed by atoms with Gasteiger partial charge in [0.15, 0.2) is 16.6 Å². The molecule has 3 rings (SSSR count). The zero-order valence-corrected chi connectivity index (χ0v) is 19.8. The van der Waals surface area contributed by atoms with Crippen LogP contribution in [0.5, 0.6) is 17.2 Å². The molecule has 0 aliphatic rings. The van der Waals surface area contributed by atoms with Crippen molar-refractivity contribution < 1.29 is 19.0 Å². The Bertz CT molecular complexity index is 1180. The smallest absolute Gasteiger partial charge is 0.268 e. The molecule has 2 aromatic carbocycles. The minimum atomic E-state index is -0.529. The number of nitriles is 1. The number of nitrogens with one attached hydrogen (secondary N) is 1. The van der Waals surface area contributed by atoms with Gasteiger partial charge in [-0.2, -0.15) is 5.26 Å². The van der Waals surface area contributed by atoms with E-state index in [1.165, 1.54) is 30.3 Å². The predicted molar refractivity (Wildman–Crippen MR) is 131 cm³/mol. The maximum absolute atomic E-state index is 12.7. The number of unbranched alkanes of at least 4 members (excludes halogenated alkanes) is 3. The molecule has 1 N–H and O–H groups in total. The van der Waals surface area contributed by atoms with Gasteiger partial charge in [0.2, 0.25) is 0 Å². The molecule has 0 saturated heterocycles. The van der Waals surface area contributed by atoms with Crippen LogP contribution in [0.4, 0.5) is 5.13 Å². The summed E-state index contributed by atoms with van der Waals surface area (Å²) in [4.78, 5) is 17.1. The number of rotatable bonds is 11. The molecule has 172 valence electrons. The first-order chi connectivity index (χ1) is 16.1. The molecule has 0 saturated carbocycles. The van der Waals surface area contributed by atoms with Gasteiger partial charge in [-0.25, -0.2) is 4.98 Å². The molecule has 0 spiro atoms. The minimum absolute atomic E-state index is 0.0397. The zero-order chi connectivity index (χ0) is 23.6. The van der Waals surface area contributed by atoms with Gasteiger partial charge >= 0.3 is 0 Å². The Morgan fingerprint density at radius 2 is 1.97 bits per heavy atom. The Kier molecular flexibility index (Phi) is 8.67. The van der Waals surface area contributed by atoms with Gasteiger partial charge < -0.3 is 14.2 Å². The first-order valence-electron chi connectivity index (χ1n) is 10.8. The molecule has 8 heteroatoms. The van der Waals surface area contributed by atoms with Crippen LogP contribution in [0.3, 0.4) is 0 Å². The van der Waals surface area contributed by atoms with Crippen LogP contribution in [0.15, 0.2) is 42.0 Å². The SMILES string of the molecule is CCCCCCOc1ccc(/C=C(\C#N)C(=O)Nc2nc3ccc(OC)cc3s2)cc1OC. The number of hydrogen-bond acceptors (Lipinski definition) is 7. The third-order valence-corrected chi connectivity index (χ3v) is 5.87. The number of carbonyl (C=O) groups excluding carboxylic acids is 1. The molecular formula is C25H27N3O4S. The number of ether oxygens (including phenoxy) is 3. The van der Waals surface area contributed by atoms with Crippen LogP contribution < -0.4 is 19.5 Å². The summed E-state index contributed by atoms with van der Waals surface area (Å²) in [5, 5.41) is 12.7. The molecule has 1 aromatic heterocycles. The van der Waals surface area contributed by atoms with E-state index in [0.717, 1.165) is 23.1 Å². The molecule has 0 bridgehead atoms. The molecule has 0 aliphatic carbocycles. The number of nitrogens with zero attached hydrogens (tertiary/aromatic N) is 2. The lowest BCUT2D eigenvalue weighted by Gasteiger charge is -2.11. The lowest BCUT2D eigenvalue weighted by molar-refractivity contribution is -0.112. The highest BCUT2D eigenvalue weighted by Crippen LogP contribution is 2.31. The van der Waals surface area contributed by atoms with E-state index >= 15 is 0 Å². The Labute approximate surface area is 197 Å². The topological polar surface area (TPSA) is 93.5 Å². The lowest BCUT2D eigenvalue weighted by atomic mass is 10.1. The van der Waals surface area contributed by atoms with Crippen molar-refractivity contribution in [3.63, 3.8) is 0 Å². The number of aromatic nitrogens is 1. The second-order valence-corrected chi connectivity index (χ2v) is 8.33. The highest BCUT2D eigenvalue weighted by molar-refractivity contribution is 7.22. The van der Waals surface area contributed by atoms with Crippen molar-refractivity contribution in [1.29, 1.82) is 5.26 Å². The van der Waals surface area contributed by atoms with Gasteiger partial charge in [-0.1, -0.05) is 43.6 Å². The summed E-state index contributed by atoms with van der Waals surface area (Å²) in [5.41, 5.74) is 1.36. The number of benzene rings is 2. The fraction of sp³-hybridized carbons (Fsp3) is 0.320. The van der Waals surface area contributed by atoms with E-state index in [9.17, 15) is 10.1 Å². The number of fused-ring (bicyclic) bond motifs is 1. The summed E-state index contributed by atoms with van der Waals surface area (Å²) in [6, 6.07) is 12.8. The van der Waals surface area contributed by atoms with Crippen molar-refractivity contribution in [3.8, 4) is 23.3 Å². The Morgan fingerprint density at radius 1 is 1.12 bits per heavy atom. The number of methoxy groups -OCH3 is 2. The third kappa shape index (κ3) is 6.46. The Balaban J connectivity index is 1.71. The van der Waals surface area contributed by atoms with Crippen molar-refractivity contribution in [3.05, 3.63) is 47.5 Å². The van der Waals surface area contributed by atoms with Crippen molar-refractivity contribution in [2.45, 2.75) is 32.6 Å². The van der Waals surface area contributed by atoms with Crippen molar-refractivity contribution in [2.24, 2.45) is 0 Å². The van der Waals surface area contributed by atoms with Crippen molar-refractivity contribution >= 4 is 38.7 Å². The largest absolute Gasteiger partial charge is 0.497 e. The molecular weight excluding hydrogens is 438 g/mol. The molecule has 0 atom stereocenters. The fourth-order valence-corrected chi connectivity index (χ4v) is 4.06. The van der Waals surface area contributed by atoms with Gasteiger partial charge in [0, 0.05) is 0 Å². The number of thiazole rings is 1. The van der Waals surface area contributed by atoms with Gasteiger partial charge in [-0.15, -0.1) is 0 Å². The fourth-order valence-electron chi connectivity index (χ4n) is 3.17. The monoisotopic (exact) mass is 465 g/mol. The van der Waals surface area contributed by atoms with Gasteiger partial charge in [0.25, 0.3) is 5.91 Å². The van der Waals surface area contributed by atoms with Crippen LogP contribution >= 0.6 is 11.3 Å². The molecule has 3 aromatic rings. The molecule has 1 amide bonds. The van der Waals surface area contributed by atoms with E-state index in [1.807, 2.05) is 18.2 Å². The average molecular weight is 466 g/mol. The summed E-state index contributed by atoms with van der Waals surface area (Å²) in [6.07, 6.45) is 5.99. The van der Waals surface area contributed by atoms with Crippen LogP contribution in [0.25, 0.3) is 16.3 Å². The normalized spacial score (nSPS) is 11.2. The van der Waals surface area contributed by atoms with Crippen molar-refractivity contribution in [1.82, 2.24) is 4.98 Å². The van der Waals surface area contributed by atoms with Gasteiger partial charge in [-0.3, -0.25) is 10.1 Å². The van der Waals surface area contributed by atoms with Crippen LogP contribution in [0.2, 0.25) is 0 Å². The van der Waals surface area contributed by atoms with Crippen LogP contribution in [-0.2, 0) is 4.79 Å². The zero-order valence-electron chi connectivity index (χ0n) is 19.0. The summed E-state index contributed by atoms with van der Waals surface area (Å²) < 4.78 is 17.4. The minimum Gasteiger partial charge on any atom is -0.497 e. The number of carbonyl (C=O) groups is 1. The van der Waals surface area contributed by atoms with Crippen molar-refractivity contribution in [2.75, 3.05) is 26.1 Å². The summed E-state index contributed by atoms with van der Waals surface area (Å²) >= 11 is 1.31. The predicted octanol–water partition coefficient (Wildman–Crippen LogP) is 5.82. The molecule has 33 heavy (non-hydrogen) atoms. The first kappa shape index (κ1) is 24.1. The van der Waals surface area contributed by atoms with Crippen LogP contribution in [0.1, 0.15) is 38.2 Å². The maximum Gasteiger partial charge on any atom is 0.268 e. The second kappa shape index (κ2) is 11.9. The summed E-state index contributed by atoms with van der Waals surface area (Å²) in [6.45, 7) is 2.79. The van der Waals surface area contributed by atoms with E-state index in [1.54, 1.807) is 38.5 Å². The van der Waals surface area contributed by atoms with Gasteiger partial charge in [-0.05, 0) is 48.4 Å². The molecule has 0 aliphatic heterocycles. The average Bonchev–Trinajstić information content (AvgIpc) is 3.23. The van der Waals surface area contributed by atoms with Gasteiger partial charge in [0.05, 0.1) is 31.0 Å². The van der Waals surface area contributed by atoms with E-state index in [2.05, 4.69) is 17.2 Å². The number of anilines is 1. The highest BCUT2D eigenvalue weighted by atomic mass is 32.1. The standard InChI is InChI=1S/C25H27N3O4S/c1-4-5-6-7-12-32-21-11-8-17(14-22(21)31-3)13-18(16-26)24(29)28-25-27-20-10-9-19(30-2)15-23(20)33-25/h8-11,13-15H,4-7,12H2,1-3H3,(H,27,28,29)/b18-13+. The number of amides is 1. The Morgan fingerprint density at radius 3 is 2.70 bits per heavy atom. The Hall–Kier alpha value is -3.57. The van der Waals surface area contributed by atoms with E-state index in [-0.39, 0.29) is 5.57 Å². The van der Waals surface area contributed by atoms with E-state index in [0.29, 0.717) is 34.6 Å². The van der Waals surface area contributed by atoms with Crippen LogP contribution in [-0.4, -0.2) is 31.7 Å². The molecule has 0 fully saturated rings. The van der Waals surface area contributed by atoms with E-state index < -0.39 is 5.91 Å².